The maximum atomic E-state index is 13.0. The third kappa shape index (κ3) is 8.67. The lowest BCUT2D eigenvalue weighted by Crippen LogP contribution is -2.63. The molecule has 1 unspecified atom stereocenters. The van der Waals surface area contributed by atoms with Crippen LogP contribution in [0.2, 0.25) is 0 Å². The second-order valence-corrected chi connectivity index (χ2v) is 13.5. The van der Waals surface area contributed by atoms with Crippen LogP contribution in [0, 0.1) is 5.41 Å². The fourth-order valence-electron chi connectivity index (χ4n) is 3.18. The molecule has 12 nitrogen and oxygen atoms in total. The van der Waals surface area contributed by atoms with Crippen molar-refractivity contribution < 1.29 is 32.3 Å². The largest absolute Gasteiger partial charge is 0.411 e. The minimum absolute atomic E-state index is 0.0592. The Morgan fingerprint density at radius 2 is 1.63 bits per heavy atom. The molecule has 5 N–H and O–H groups in total. The van der Waals surface area contributed by atoms with Crippen molar-refractivity contribution >= 4 is 44.4 Å². The first kappa shape index (κ1) is 31.0. The van der Waals surface area contributed by atoms with Crippen molar-refractivity contribution in [1.29, 1.82) is 0 Å². The summed E-state index contributed by atoms with van der Waals surface area (Å²) in [7, 11) is -3.79. The molecule has 2 rings (SSSR count). The minimum atomic E-state index is -3.79. The number of nitrogens with one attached hydrogen (secondary N) is 3. The van der Waals surface area contributed by atoms with Crippen LogP contribution in [0.5, 0.6) is 0 Å². The lowest BCUT2D eigenvalue weighted by molar-refractivity contribution is -0.242. The number of anilines is 1. The number of benzene rings is 1. The van der Waals surface area contributed by atoms with Crippen molar-refractivity contribution in [2.75, 3.05) is 17.6 Å². The molecule has 1 aromatic carbocycles. The molecule has 0 aliphatic carbocycles. The van der Waals surface area contributed by atoms with Gasteiger partial charge < -0.3 is 25.8 Å². The maximum absolute atomic E-state index is 13.0. The van der Waals surface area contributed by atoms with Gasteiger partial charge in [-0.25, -0.2) is 28.3 Å². The van der Waals surface area contributed by atoms with Gasteiger partial charge in [0, 0.05) is 30.0 Å². The molecule has 3 amide bonds. The van der Waals surface area contributed by atoms with E-state index in [4.69, 9.17) is 15.2 Å². The van der Waals surface area contributed by atoms with Gasteiger partial charge in [0.15, 0.2) is 15.0 Å². The van der Waals surface area contributed by atoms with E-state index in [2.05, 4.69) is 20.9 Å². The Bertz CT molecular complexity index is 1260. The van der Waals surface area contributed by atoms with Crippen LogP contribution in [0.1, 0.15) is 48.5 Å². The zero-order valence-corrected chi connectivity index (χ0v) is 24.1. The number of alkyl carbamates (subject to hydrolysis) is 1. The molecule has 1 heterocycles. The zero-order chi connectivity index (χ0) is 28.9. The van der Waals surface area contributed by atoms with Crippen molar-refractivity contribution in [3.05, 3.63) is 29.6 Å². The summed E-state index contributed by atoms with van der Waals surface area (Å²) in [6.07, 6.45) is -2.10. The average molecular weight is 570 g/mol. The van der Waals surface area contributed by atoms with Gasteiger partial charge in [-0.05, 0) is 32.9 Å². The number of amides is 3. The first-order valence-electron chi connectivity index (χ1n) is 11.6. The van der Waals surface area contributed by atoms with E-state index in [9.17, 15) is 22.8 Å². The van der Waals surface area contributed by atoms with Crippen LogP contribution in [0.3, 0.4) is 0 Å². The summed E-state index contributed by atoms with van der Waals surface area (Å²) in [6.45, 7) is 11.3. The molecule has 1 atom stereocenters. The van der Waals surface area contributed by atoms with E-state index < -0.39 is 44.6 Å². The molecule has 0 fully saturated rings. The van der Waals surface area contributed by atoms with E-state index in [0.29, 0.717) is 16.4 Å². The molecule has 0 saturated carbocycles. The first-order chi connectivity index (χ1) is 17.3. The van der Waals surface area contributed by atoms with Crippen molar-refractivity contribution in [2.45, 2.75) is 64.8 Å². The number of aromatic nitrogens is 1. The third-order valence-electron chi connectivity index (χ3n) is 4.97. The Labute approximate surface area is 226 Å². The van der Waals surface area contributed by atoms with E-state index in [1.807, 2.05) is 0 Å². The van der Waals surface area contributed by atoms with E-state index in [-0.39, 0.29) is 17.3 Å². The predicted octanol–water partition coefficient (Wildman–Crippen LogP) is 3.45. The molecule has 0 bridgehead atoms. The Kier molecular flexibility index (Phi) is 9.51. The second kappa shape index (κ2) is 11.7. The molecule has 0 saturated heterocycles. The summed E-state index contributed by atoms with van der Waals surface area (Å²) in [5, 5.41) is 10.2. The molecule has 0 radical (unpaired) electrons. The van der Waals surface area contributed by atoms with Gasteiger partial charge in [0.2, 0.25) is 5.91 Å². The van der Waals surface area contributed by atoms with Gasteiger partial charge in [0.1, 0.15) is 0 Å². The van der Waals surface area contributed by atoms with Gasteiger partial charge in [-0.1, -0.05) is 32.9 Å². The van der Waals surface area contributed by atoms with Gasteiger partial charge in [0.05, 0.1) is 21.8 Å². The predicted molar refractivity (Wildman–Crippen MR) is 144 cm³/mol. The summed E-state index contributed by atoms with van der Waals surface area (Å²) in [6, 6.07) is 6.13. The first-order valence-corrected chi connectivity index (χ1v) is 14.2. The van der Waals surface area contributed by atoms with Gasteiger partial charge >= 0.3 is 18.1 Å². The number of nitrogens with two attached hydrogens (primary N) is 1. The van der Waals surface area contributed by atoms with E-state index in [1.165, 1.54) is 30.4 Å². The van der Waals surface area contributed by atoms with E-state index >= 15 is 0 Å². The molecular weight excluding hydrogens is 534 g/mol. The van der Waals surface area contributed by atoms with Gasteiger partial charge in [-0.3, -0.25) is 4.79 Å². The van der Waals surface area contributed by atoms with E-state index in [0.717, 1.165) is 0 Å². The van der Waals surface area contributed by atoms with Crippen molar-refractivity contribution in [3.63, 3.8) is 0 Å². The summed E-state index contributed by atoms with van der Waals surface area (Å²) in [5.41, 5.74) is 4.84. The van der Waals surface area contributed by atoms with Crippen LogP contribution in [0.4, 0.5) is 14.7 Å². The van der Waals surface area contributed by atoms with Gasteiger partial charge in [0.25, 0.3) is 0 Å². The summed E-state index contributed by atoms with van der Waals surface area (Å²) < 4.78 is 36.7. The molecule has 0 aliphatic heterocycles. The van der Waals surface area contributed by atoms with Gasteiger partial charge in [-0.15, -0.1) is 11.3 Å². The van der Waals surface area contributed by atoms with Crippen molar-refractivity contribution in [3.8, 4) is 11.3 Å². The van der Waals surface area contributed by atoms with Crippen LogP contribution >= 0.6 is 11.3 Å². The normalized spacial score (nSPS) is 13.8. The monoisotopic (exact) mass is 569 g/mol. The number of ether oxygens (including phenoxy) is 2. The van der Waals surface area contributed by atoms with Crippen molar-refractivity contribution in [2.24, 2.45) is 11.1 Å². The number of hydrogen-bond acceptors (Lipinski definition) is 10. The quantitative estimate of drug-likeness (QED) is 0.329. The highest BCUT2D eigenvalue weighted by Gasteiger charge is 2.50. The molecule has 2 aromatic rings. The molecule has 1 aromatic heterocycles. The van der Waals surface area contributed by atoms with Crippen LogP contribution < -0.4 is 21.7 Å². The molecule has 0 spiro atoms. The lowest BCUT2D eigenvalue weighted by Gasteiger charge is -2.42. The number of primary amides is 1. The highest BCUT2D eigenvalue weighted by molar-refractivity contribution is 7.91. The number of carbonyl (C=O) groups is 3. The number of rotatable bonds is 9. The minimum Gasteiger partial charge on any atom is -0.392 e. The van der Waals surface area contributed by atoms with Gasteiger partial charge in [-0.2, -0.15) is 0 Å². The zero-order valence-electron chi connectivity index (χ0n) is 22.5. The molecule has 210 valence electrons. The average Bonchev–Trinajstić information content (AvgIpc) is 3.18. The topological polar surface area (TPSA) is 179 Å². The number of sulfone groups is 1. The molecule has 38 heavy (non-hydrogen) atoms. The highest BCUT2D eigenvalue weighted by Crippen LogP contribution is 2.33. The van der Waals surface area contributed by atoms with Crippen LogP contribution in [-0.2, 0) is 24.1 Å². The fraction of sp³-hybridized carbons (Fsp3) is 0.500. The second-order valence-electron chi connectivity index (χ2n) is 10.5. The Morgan fingerprint density at radius 1 is 1.03 bits per heavy atom. The number of thiazole rings is 1. The number of nitrogens with zero attached hydrogens (tertiary/aromatic N) is 1. The van der Waals surface area contributed by atoms with E-state index in [1.54, 1.807) is 59.1 Å². The molecular formula is C24H35N5O7S2. The summed E-state index contributed by atoms with van der Waals surface area (Å²) in [5.74, 6) is -2.69. The Morgan fingerprint density at radius 3 is 2.13 bits per heavy atom. The maximum Gasteiger partial charge on any atom is 0.411 e. The summed E-state index contributed by atoms with van der Waals surface area (Å²) in [4.78, 5) is 39.8. The number of carbonyl (C=O) groups excluding carboxylic acids is 3. The summed E-state index contributed by atoms with van der Waals surface area (Å²) >= 11 is 1.25. The number of hydrogen-bond donors (Lipinski definition) is 4. The van der Waals surface area contributed by atoms with Crippen molar-refractivity contribution in [1.82, 2.24) is 15.6 Å². The highest BCUT2D eigenvalue weighted by atomic mass is 32.2. The van der Waals surface area contributed by atoms with Crippen LogP contribution in [0.25, 0.3) is 11.3 Å². The smallest absolute Gasteiger partial charge is 0.392 e. The fourth-order valence-corrected chi connectivity index (χ4v) is 5.11. The SMILES string of the molecule is CC(=O)Nc1nc(-c2ccc(S(=O)(=O)CCNC(OC(N)=O)(OC(=O)NC(C)(C)C)C(C)(C)C)cc2)cs1. The molecule has 0 aliphatic rings. The third-order valence-corrected chi connectivity index (χ3v) is 7.46. The Balaban J connectivity index is 2.19. The van der Waals surface area contributed by atoms with Crippen LogP contribution in [-0.4, -0.2) is 55.2 Å². The van der Waals surface area contributed by atoms with Crippen LogP contribution in [0.15, 0.2) is 34.5 Å². The molecule has 14 heteroatoms. The Hall–Kier alpha value is -3.23. The lowest BCUT2D eigenvalue weighted by atomic mass is 9.90. The standard InChI is InChI=1S/C24H35N5O7S2/c1-15(30)27-20-28-18(14-37-20)16-8-10-17(11-9-16)38(33,34)13-12-26-24(22(2,3)4,35-19(25)31)36-21(32)29-23(5,6)7/h8-11,14,26H,12-13H2,1-7H3,(H2,25,31)(H,29,32)(H,27,28,30).